The summed E-state index contributed by atoms with van der Waals surface area (Å²) in [5.74, 6) is 1.32. The van der Waals surface area contributed by atoms with E-state index in [-0.39, 0.29) is 23.7 Å². The molecule has 1 aliphatic carbocycles. The van der Waals surface area contributed by atoms with Crippen molar-refractivity contribution in [2.45, 2.75) is 56.7 Å². The van der Waals surface area contributed by atoms with E-state index in [2.05, 4.69) is 26.8 Å². The summed E-state index contributed by atoms with van der Waals surface area (Å²) >= 11 is 1.23. The molecule has 2 unspecified atom stereocenters. The fourth-order valence-corrected chi connectivity index (χ4v) is 6.04. The lowest BCUT2D eigenvalue weighted by molar-refractivity contribution is -0.121. The smallest absolute Gasteiger partial charge is 0.247 e. The molecule has 2 amide bonds. The number of rotatable bonds is 5. The predicted octanol–water partition coefficient (Wildman–Crippen LogP) is 6.32. The zero-order valence-electron chi connectivity index (χ0n) is 21.2. The molecule has 0 N–H and O–H groups in total. The molecule has 0 bridgehead atoms. The number of hydrogen-bond donors (Lipinski definition) is 0. The molecule has 2 heterocycles. The molecule has 0 saturated carbocycles. The largest absolute Gasteiger partial charge is 0.457 e. The number of aromatic nitrogens is 1. The van der Waals surface area contributed by atoms with Crippen molar-refractivity contribution in [3.8, 4) is 17.6 Å². The Morgan fingerprint density at radius 2 is 1.73 bits per heavy atom. The number of nitriles is 1. The van der Waals surface area contributed by atoms with Gasteiger partial charge < -0.3 is 4.74 Å². The molecule has 37 heavy (non-hydrogen) atoms. The fraction of sp³-hybridized carbons (Fsp3) is 0.333. The number of carbonyl (C=O) groups is 2. The van der Waals surface area contributed by atoms with Crippen LogP contribution in [-0.2, 0) is 22.4 Å². The Morgan fingerprint density at radius 3 is 2.41 bits per heavy atom. The van der Waals surface area contributed by atoms with Gasteiger partial charge in [-0.3, -0.25) is 9.59 Å². The molecular weight excluding hydrogens is 482 g/mol. The maximum atomic E-state index is 13.3. The van der Waals surface area contributed by atoms with Gasteiger partial charge in [-0.2, -0.15) is 5.26 Å². The third-order valence-electron chi connectivity index (χ3n) is 7.13. The standard InChI is InChI=1S/C30H29N3O3S/c1-30(2,3)21-9-14-25-19(16-21)15-20(18-31)28(32-25)37-26-17-27(34)33(29(26)35)22-10-12-24(13-11-22)36-23-7-5-4-6-8-23/h4-8,10-13,15,21,26H,9,14,16-17H2,1-3H3. The Labute approximate surface area is 221 Å². The molecule has 3 aromatic rings. The number of amides is 2. The first-order valence-corrected chi connectivity index (χ1v) is 13.4. The van der Waals surface area contributed by atoms with Gasteiger partial charge in [-0.15, -0.1) is 0 Å². The Kier molecular flexibility index (Phi) is 6.78. The van der Waals surface area contributed by atoms with E-state index in [0.717, 1.165) is 30.5 Å². The van der Waals surface area contributed by atoms with E-state index in [4.69, 9.17) is 9.72 Å². The van der Waals surface area contributed by atoms with Crippen molar-refractivity contribution >= 4 is 29.3 Å². The SMILES string of the molecule is CC(C)(C)C1CCc2nc(SC3CC(=O)N(c4ccc(Oc5ccccc5)cc4)C3=O)c(C#N)cc2C1. The van der Waals surface area contributed by atoms with E-state index in [9.17, 15) is 14.9 Å². The average Bonchev–Trinajstić information content (AvgIpc) is 3.16. The number of anilines is 1. The number of nitrogens with zero attached hydrogens (tertiary/aromatic N) is 3. The van der Waals surface area contributed by atoms with E-state index in [1.54, 1.807) is 24.3 Å². The maximum absolute atomic E-state index is 13.3. The van der Waals surface area contributed by atoms with Gasteiger partial charge in [-0.25, -0.2) is 9.88 Å². The molecule has 2 atom stereocenters. The number of ether oxygens (including phenoxy) is 1. The van der Waals surface area contributed by atoms with E-state index >= 15 is 0 Å². The monoisotopic (exact) mass is 511 g/mol. The second-order valence-corrected chi connectivity index (χ2v) is 11.8. The molecule has 1 aliphatic heterocycles. The Morgan fingerprint density at radius 1 is 1.03 bits per heavy atom. The van der Waals surface area contributed by atoms with Crippen LogP contribution in [0.15, 0.2) is 65.7 Å². The van der Waals surface area contributed by atoms with Gasteiger partial charge in [0.05, 0.1) is 16.5 Å². The first kappa shape index (κ1) is 25.0. The van der Waals surface area contributed by atoms with Crippen LogP contribution in [0.3, 0.4) is 0 Å². The molecule has 2 aliphatic rings. The normalized spacial score (nSPS) is 19.5. The Bertz CT molecular complexity index is 1370. The van der Waals surface area contributed by atoms with Crippen LogP contribution in [0, 0.1) is 22.7 Å². The first-order chi connectivity index (χ1) is 17.7. The maximum Gasteiger partial charge on any atom is 0.247 e. The fourth-order valence-electron chi connectivity index (χ4n) is 4.94. The number of para-hydroxylation sites is 1. The Balaban J connectivity index is 1.31. The van der Waals surface area contributed by atoms with Crippen LogP contribution in [0.1, 0.15) is 50.4 Å². The molecule has 6 nitrogen and oxygen atoms in total. The van der Waals surface area contributed by atoms with Gasteiger partial charge >= 0.3 is 0 Å². The molecule has 5 rings (SSSR count). The number of pyridine rings is 1. The zero-order chi connectivity index (χ0) is 26.2. The molecule has 1 saturated heterocycles. The summed E-state index contributed by atoms with van der Waals surface area (Å²) in [7, 11) is 0. The topological polar surface area (TPSA) is 83.3 Å². The molecule has 7 heteroatoms. The summed E-state index contributed by atoms with van der Waals surface area (Å²) in [5, 5.41) is 9.74. The first-order valence-electron chi connectivity index (χ1n) is 12.5. The number of benzene rings is 2. The van der Waals surface area contributed by atoms with E-state index in [1.807, 2.05) is 36.4 Å². The highest BCUT2D eigenvalue weighted by Gasteiger charge is 2.41. The van der Waals surface area contributed by atoms with E-state index in [0.29, 0.717) is 33.7 Å². The second kappa shape index (κ2) is 10.0. The third-order valence-corrected chi connectivity index (χ3v) is 8.32. The van der Waals surface area contributed by atoms with Crippen LogP contribution in [0.2, 0.25) is 0 Å². The number of aryl methyl sites for hydroxylation is 1. The molecule has 0 radical (unpaired) electrons. The molecule has 1 fully saturated rings. The number of imide groups is 1. The van der Waals surface area contributed by atoms with Gasteiger partial charge in [0.1, 0.15) is 22.6 Å². The number of carbonyl (C=O) groups excluding carboxylic acids is 2. The highest BCUT2D eigenvalue weighted by Crippen LogP contribution is 2.40. The van der Waals surface area contributed by atoms with E-state index < -0.39 is 5.25 Å². The van der Waals surface area contributed by atoms with Gasteiger partial charge in [-0.05, 0) is 78.6 Å². The van der Waals surface area contributed by atoms with Crippen LogP contribution in [0.4, 0.5) is 5.69 Å². The predicted molar refractivity (Wildman–Crippen MR) is 144 cm³/mol. The molecular formula is C30H29N3O3S. The van der Waals surface area contributed by atoms with Crippen molar-refractivity contribution in [3.05, 3.63) is 77.5 Å². The van der Waals surface area contributed by atoms with Crippen molar-refractivity contribution in [3.63, 3.8) is 0 Å². The zero-order valence-corrected chi connectivity index (χ0v) is 22.0. The summed E-state index contributed by atoms with van der Waals surface area (Å²) in [6.45, 7) is 6.76. The minimum absolute atomic E-state index is 0.0709. The van der Waals surface area contributed by atoms with Gasteiger partial charge in [0.25, 0.3) is 0 Å². The lowest BCUT2D eigenvalue weighted by Crippen LogP contribution is -2.31. The highest BCUT2D eigenvalue weighted by atomic mass is 32.2. The molecule has 2 aromatic carbocycles. The van der Waals surface area contributed by atoms with Crippen molar-refractivity contribution < 1.29 is 14.3 Å². The van der Waals surface area contributed by atoms with Crippen LogP contribution in [0.5, 0.6) is 11.5 Å². The third kappa shape index (κ3) is 5.26. The van der Waals surface area contributed by atoms with Crippen molar-refractivity contribution in [1.82, 2.24) is 4.98 Å². The number of hydrogen-bond acceptors (Lipinski definition) is 6. The second-order valence-electron chi connectivity index (χ2n) is 10.7. The van der Waals surface area contributed by atoms with Crippen LogP contribution in [-0.4, -0.2) is 22.0 Å². The van der Waals surface area contributed by atoms with E-state index in [1.165, 1.54) is 16.7 Å². The van der Waals surface area contributed by atoms with Gasteiger partial charge in [-0.1, -0.05) is 50.7 Å². The van der Waals surface area contributed by atoms with Crippen molar-refractivity contribution in [1.29, 1.82) is 5.26 Å². The lowest BCUT2D eigenvalue weighted by Gasteiger charge is -2.34. The summed E-state index contributed by atoms with van der Waals surface area (Å²) < 4.78 is 5.81. The van der Waals surface area contributed by atoms with Crippen molar-refractivity contribution in [2.24, 2.45) is 11.3 Å². The number of thioether (sulfide) groups is 1. The molecule has 188 valence electrons. The van der Waals surface area contributed by atoms with Gasteiger partial charge in [0, 0.05) is 12.1 Å². The molecule has 1 aromatic heterocycles. The summed E-state index contributed by atoms with van der Waals surface area (Å²) in [6, 6.07) is 20.5. The highest BCUT2D eigenvalue weighted by molar-refractivity contribution is 8.00. The average molecular weight is 512 g/mol. The quantitative estimate of drug-likeness (QED) is 0.373. The minimum atomic E-state index is -0.615. The summed E-state index contributed by atoms with van der Waals surface area (Å²) in [6.07, 6.45) is 2.89. The lowest BCUT2D eigenvalue weighted by atomic mass is 9.71. The minimum Gasteiger partial charge on any atom is -0.457 e. The number of fused-ring (bicyclic) bond motifs is 1. The van der Waals surface area contributed by atoms with Gasteiger partial charge in [0.15, 0.2) is 0 Å². The Hall–Kier alpha value is -3.63. The molecule has 0 spiro atoms. The summed E-state index contributed by atoms with van der Waals surface area (Å²) in [4.78, 5) is 32.2. The van der Waals surface area contributed by atoms with Crippen LogP contribution in [0.25, 0.3) is 0 Å². The van der Waals surface area contributed by atoms with Crippen LogP contribution >= 0.6 is 11.8 Å². The van der Waals surface area contributed by atoms with Gasteiger partial charge in [0.2, 0.25) is 11.8 Å². The summed E-state index contributed by atoms with van der Waals surface area (Å²) in [5.41, 5.74) is 3.30. The van der Waals surface area contributed by atoms with Crippen LogP contribution < -0.4 is 9.64 Å². The van der Waals surface area contributed by atoms with Crippen molar-refractivity contribution in [2.75, 3.05) is 4.90 Å².